The van der Waals surface area contributed by atoms with E-state index >= 15 is 0 Å². The summed E-state index contributed by atoms with van der Waals surface area (Å²) < 4.78 is 44.2. The molecule has 1 fully saturated rings. The number of nitrogens with one attached hydrogen (secondary N) is 2. The molecule has 1 aromatic heterocycles. The third-order valence-electron chi connectivity index (χ3n) is 4.36. The fraction of sp³-hybridized carbons (Fsp3) is 0.647. The Morgan fingerprint density at radius 2 is 2.16 bits per heavy atom. The molecule has 8 heteroatoms. The Hall–Kier alpha value is -1.83. The molecule has 1 aliphatic heterocycles. The predicted octanol–water partition coefficient (Wildman–Crippen LogP) is 2.62. The standard InChI is InChI=1S/C17H24F3N3O2/c1-11-9-21-8-6-13(11)23-15(24)16(2,3)10-25-14-12(17(18,19)20)5-4-7-22-14/h4-5,7,11,13,21H,6,8-10H2,1-3H3,(H,23,24)/t11-,13-/m0/s1. The first-order chi connectivity index (χ1) is 11.6. The van der Waals surface area contributed by atoms with E-state index in [1.807, 2.05) is 6.92 Å². The minimum Gasteiger partial charge on any atom is -0.476 e. The summed E-state index contributed by atoms with van der Waals surface area (Å²) in [7, 11) is 0. The van der Waals surface area contributed by atoms with E-state index in [4.69, 9.17) is 4.74 Å². The number of carbonyl (C=O) groups is 1. The summed E-state index contributed by atoms with van der Waals surface area (Å²) in [5.41, 5.74) is -1.93. The van der Waals surface area contributed by atoms with E-state index in [0.29, 0.717) is 5.92 Å². The lowest BCUT2D eigenvalue weighted by atomic mass is 9.90. The number of nitrogens with zero attached hydrogens (tertiary/aromatic N) is 1. The smallest absolute Gasteiger partial charge is 0.421 e. The second-order valence-corrected chi connectivity index (χ2v) is 7.08. The summed E-state index contributed by atoms with van der Waals surface area (Å²) in [5, 5.41) is 6.24. The van der Waals surface area contributed by atoms with Crippen molar-refractivity contribution >= 4 is 5.91 Å². The molecule has 1 amide bonds. The van der Waals surface area contributed by atoms with Gasteiger partial charge in [-0.3, -0.25) is 4.79 Å². The van der Waals surface area contributed by atoms with Crippen molar-refractivity contribution in [1.82, 2.24) is 15.6 Å². The van der Waals surface area contributed by atoms with Crippen molar-refractivity contribution in [2.24, 2.45) is 11.3 Å². The maximum Gasteiger partial charge on any atom is 0.421 e. The van der Waals surface area contributed by atoms with Crippen LogP contribution in [0.5, 0.6) is 5.88 Å². The molecule has 25 heavy (non-hydrogen) atoms. The summed E-state index contributed by atoms with van der Waals surface area (Å²) in [6.45, 7) is 6.79. The molecule has 5 nitrogen and oxygen atoms in total. The van der Waals surface area contributed by atoms with E-state index in [0.717, 1.165) is 25.6 Å². The molecule has 140 valence electrons. The molecule has 2 heterocycles. The second kappa shape index (κ2) is 7.59. The summed E-state index contributed by atoms with van der Waals surface area (Å²) in [4.78, 5) is 16.2. The molecule has 2 rings (SSSR count). The lowest BCUT2D eigenvalue weighted by molar-refractivity contribution is -0.139. The van der Waals surface area contributed by atoms with Gasteiger partial charge < -0.3 is 15.4 Å². The number of aromatic nitrogens is 1. The Labute approximate surface area is 145 Å². The molecule has 0 radical (unpaired) electrons. The van der Waals surface area contributed by atoms with Crippen molar-refractivity contribution in [2.45, 2.75) is 39.4 Å². The number of carbonyl (C=O) groups excluding carboxylic acids is 1. The lowest BCUT2D eigenvalue weighted by Crippen LogP contribution is -2.52. The fourth-order valence-corrected chi connectivity index (χ4v) is 2.63. The third-order valence-corrected chi connectivity index (χ3v) is 4.36. The molecule has 0 saturated carbocycles. The van der Waals surface area contributed by atoms with Crippen molar-refractivity contribution in [3.63, 3.8) is 0 Å². The largest absolute Gasteiger partial charge is 0.476 e. The summed E-state index contributed by atoms with van der Waals surface area (Å²) in [5.74, 6) is -0.455. The van der Waals surface area contributed by atoms with Crippen molar-refractivity contribution in [3.8, 4) is 5.88 Å². The number of pyridine rings is 1. The summed E-state index contributed by atoms with van der Waals surface area (Å²) in [6.07, 6.45) is -2.50. The molecule has 1 aliphatic rings. The highest BCUT2D eigenvalue weighted by atomic mass is 19.4. The predicted molar refractivity (Wildman–Crippen MR) is 87.1 cm³/mol. The molecular formula is C17H24F3N3O2. The van der Waals surface area contributed by atoms with Crippen LogP contribution in [0.1, 0.15) is 32.8 Å². The first kappa shape index (κ1) is 19.5. The molecule has 0 aliphatic carbocycles. The van der Waals surface area contributed by atoms with Crippen LogP contribution < -0.4 is 15.4 Å². The van der Waals surface area contributed by atoms with Gasteiger partial charge in [0.15, 0.2) is 0 Å². The Morgan fingerprint density at radius 3 is 2.80 bits per heavy atom. The van der Waals surface area contributed by atoms with Gasteiger partial charge in [0, 0.05) is 12.2 Å². The zero-order valence-corrected chi connectivity index (χ0v) is 14.6. The van der Waals surface area contributed by atoms with Crippen molar-refractivity contribution < 1.29 is 22.7 Å². The fourth-order valence-electron chi connectivity index (χ4n) is 2.63. The lowest BCUT2D eigenvalue weighted by Gasteiger charge is -2.33. The number of ether oxygens (including phenoxy) is 1. The van der Waals surface area contributed by atoms with Crippen LogP contribution in [0.15, 0.2) is 18.3 Å². The van der Waals surface area contributed by atoms with E-state index < -0.39 is 23.0 Å². The highest BCUT2D eigenvalue weighted by Crippen LogP contribution is 2.35. The Morgan fingerprint density at radius 1 is 1.44 bits per heavy atom. The molecular weight excluding hydrogens is 335 g/mol. The van der Waals surface area contributed by atoms with Crippen LogP contribution >= 0.6 is 0 Å². The zero-order valence-electron chi connectivity index (χ0n) is 14.6. The molecule has 0 bridgehead atoms. The van der Waals surface area contributed by atoms with Crippen molar-refractivity contribution in [1.29, 1.82) is 0 Å². The molecule has 1 aromatic rings. The first-order valence-electron chi connectivity index (χ1n) is 8.28. The Kier molecular flexibility index (Phi) is 5.92. The monoisotopic (exact) mass is 359 g/mol. The van der Waals surface area contributed by atoms with E-state index in [1.165, 1.54) is 12.3 Å². The van der Waals surface area contributed by atoms with Gasteiger partial charge in [0.1, 0.15) is 12.2 Å². The normalized spacial score (nSPS) is 21.7. The third kappa shape index (κ3) is 5.07. The van der Waals surface area contributed by atoms with Crippen LogP contribution in [-0.4, -0.2) is 36.6 Å². The Balaban J connectivity index is 2.00. The van der Waals surface area contributed by atoms with Gasteiger partial charge in [0.25, 0.3) is 0 Å². The van der Waals surface area contributed by atoms with Crippen molar-refractivity contribution in [2.75, 3.05) is 19.7 Å². The highest BCUT2D eigenvalue weighted by Gasteiger charge is 2.37. The van der Waals surface area contributed by atoms with Crippen LogP contribution in [0.4, 0.5) is 13.2 Å². The highest BCUT2D eigenvalue weighted by molar-refractivity contribution is 5.82. The van der Waals surface area contributed by atoms with Gasteiger partial charge >= 0.3 is 6.18 Å². The number of hydrogen-bond acceptors (Lipinski definition) is 4. The van der Waals surface area contributed by atoms with Crippen LogP contribution in [-0.2, 0) is 11.0 Å². The zero-order chi connectivity index (χ0) is 18.7. The minimum atomic E-state index is -4.56. The van der Waals surface area contributed by atoms with Gasteiger partial charge in [0.05, 0.1) is 5.41 Å². The topological polar surface area (TPSA) is 63.2 Å². The maximum absolute atomic E-state index is 13.0. The average Bonchev–Trinajstić information content (AvgIpc) is 2.54. The first-order valence-corrected chi connectivity index (χ1v) is 8.28. The van der Waals surface area contributed by atoms with E-state index in [9.17, 15) is 18.0 Å². The summed E-state index contributed by atoms with van der Waals surface area (Å²) >= 11 is 0. The van der Waals surface area contributed by atoms with Gasteiger partial charge in [0.2, 0.25) is 11.8 Å². The van der Waals surface area contributed by atoms with Crippen LogP contribution in [0.2, 0.25) is 0 Å². The maximum atomic E-state index is 13.0. The minimum absolute atomic E-state index is 0.0496. The summed E-state index contributed by atoms with van der Waals surface area (Å²) in [6, 6.07) is 2.16. The van der Waals surface area contributed by atoms with Gasteiger partial charge in [-0.1, -0.05) is 6.92 Å². The quantitative estimate of drug-likeness (QED) is 0.848. The SMILES string of the molecule is C[C@H]1CNCC[C@@H]1NC(=O)C(C)(C)COc1ncccc1C(F)(F)F. The van der Waals surface area contributed by atoms with Crippen LogP contribution in [0, 0.1) is 11.3 Å². The molecule has 0 spiro atoms. The second-order valence-electron chi connectivity index (χ2n) is 7.08. The molecule has 2 atom stereocenters. The number of piperidine rings is 1. The van der Waals surface area contributed by atoms with Gasteiger partial charge in [-0.25, -0.2) is 4.98 Å². The van der Waals surface area contributed by atoms with Crippen LogP contribution in [0.3, 0.4) is 0 Å². The Bertz CT molecular complexity index is 605. The number of halogens is 3. The van der Waals surface area contributed by atoms with E-state index in [2.05, 4.69) is 15.6 Å². The average molecular weight is 359 g/mol. The number of amides is 1. The number of rotatable bonds is 5. The molecule has 0 aromatic carbocycles. The van der Waals surface area contributed by atoms with Gasteiger partial charge in [-0.15, -0.1) is 0 Å². The molecule has 0 unspecified atom stereocenters. The van der Waals surface area contributed by atoms with Crippen LogP contribution in [0.25, 0.3) is 0 Å². The number of alkyl halides is 3. The van der Waals surface area contributed by atoms with Crippen molar-refractivity contribution in [3.05, 3.63) is 23.9 Å². The van der Waals surface area contributed by atoms with E-state index in [-0.39, 0.29) is 18.6 Å². The van der Waals surface area contributed by atoms with Gasteiger partial charge in [-0.2, -0.15) is 13.2 Å². The molecule has 2 N–H and O–H groups in total. The van der Waals surface area contributed by atoms with E-state index in [1.54, 1.807) is 13.8 Å². The molecule has 1 saturated heterocycles. The number of hydrogen-bond donors (Lipinski definition) is 2. The van der Waals surface area contributed by atoms with Gasteiger partial charge in [-0.05, 0) is 51.4 Å².